The number of hydrogen-bond donors (Lipinski definition) is 3. The van der Waals surface area contributed by atoms with Gasteiger partial charge in [0.15, 0.2) is 0 Å². The van der Waals surface area contributed by atoms with Gasteiger partial charge < -0.3 is 20.9 Å². The monoisotopic (exact) mass is 464 g/mol. The first kappa shape index (κ1) is 25.0. The quantitative estimate of drug-likeness (QED) is 0.526. The number of benzene rings is 2. The summed E-state index contributed by atoms with van der Waals surface area (Å²) in [4.78, 5) is 51.6. The van der Waals surface area contributed by atoms with Crippen LogP contribution < -0.4 is 16.0 Å². The third kappa shape index (κ3) is 6.43. The molecule has 180 valence electrons. The molecule has 1 fully saturated rings. The molecule has 1 saturated heterocycles. The molecule has 1 aliphatic rings. The first-order chi connectivity index (χ1) is 16.3. The second-order valence-corrected chi connectivity index (χ2v) is 8.79. The summed E-state index contributed by atoms with van der Waals surface area (Å²) in [7, 11) is 0. The predicted molar refractivity (Wildman–Crippen MR) is 132 cm³/mol. The summed E-state index contributed by atoms with van der Waals surface area (Å²) in [6.45, 7) is 6.93. The molecule has 8 nitrogen and oxygen atoms in total. The van der Waals surface area contributed by atoms with Crippen LogP contribution in [-0.2, 0) is 9.59 Å². The molecule has 0 bridgehead atoms. The van der Waals surface area contributed by atoms with Crippen molar-refractivity contribution in [3.05, 3.63) is 59.7 Å². The summed E-state index contributed by atoms with van der Waals surface area (Å²) in [5.74, 6) is -1.18. The standard InChI is InChI=1S/C26H32N4O4/c1-4-5-14-30-16-19(15-23(30)31)25(33)28-20-12-10-18(11-13-20)24(32)29-22-9-7-6-8-21(22)26(34)27-17(2)3/h6-13,17,19H,4-5,14-16H2,1-3H3,(H,27,34)(H,28,33)(H,29,32). The van der Waals surface area contributed by atoms with E-state index in [0.29, 0.717) is 35.6 Å². The smallest absolute Gasteiger partial charge is 0.255 e. The highest BCUT2D eigenvalue weighted by molar-refractivity contribution is 6.09. The summed E-state index contributed by atoms with van der Waals surface area (Å²) in [6, 6.07) is 13.3. The van der Waals surface area contributed by atoms with Crippen molar-refractivity contribution >= 4 is 35.0 Å². The first-order valence-electron chi connectivity index (χ1n) is 11.7. The Morgan fingerprint density at radius 2 is 1.71 bits per heavy atom. The van der Waals surface area contributed by atoms with E-state index >= 15 is 0 Å². The third-order valence-corrected chi connectivity index (χ3v) is 5.62. The van der Waals surface area contributed by atoms with Gasteiger partial charge in [-0.05, 0) is 56.7 Å². The van der Waals surface area contributed by atoms with Crippen LogP contribution in [0.15, 0.2) is 48.5 Å². The van der Waals surface area contributed by atoms with Gasteiger partial charge in [0.1, 0.15) is 0 Å². The van der Waals surface area contributed by atoms with Crippen LogP contribution in [0.25, 0.3) is 0 Å². The maximum absolute atomic E-state index is 12.7. The van der Waals surface area contributed by atoms with E-state index in [2.05, 4.69) is 22.9 Å². The van der Waals surface area contributed by atoms with Crippen LogP contribution in [0.4, 0.5) is 11.4 Å². The molecule has 1 unspecified atom stereocenters. The van der Waals surface area contributed by atoms with Crippen LogP contribution in [0.3, 0.4) is 0 Å². The average molecular weight is 465 g/mol. The minimum absolute atomic E-state index is 0.0166. The van der Waals surface area contributed by atoms with E-state index < -0.39 is 0 Å². The van der Waals surface area contributed by atoms with E-state index in [9.17, 15) is 19.2 Å². The highest BCUT2D eigenvalue weighted by atomic mass is 16.2. The number of amides is 4. The number of hydrogen-bond acceptors (Lipinski definition) is 4. The Balaban J connectivity index is 1.60. The lowest BCUT2D eigenvalue weighted by atomic mass is 10.1. The Bertz CT molecular complexity index is 1050. The topological polar surface area (TPSA) is 108 Å². The number of anilines is 2. The van der Waals surface area contributed by atoms with E-state index in [0.717, 1.165) is 12.8 Å². The maximum Gasteiger partial charge on any atom is 0.255 e. The molecule has 1 atom stereocenters. The van der Waals surface area contributed by atoms with Crippen molar-refractivity contribution in [2.24, 2.45) is 5.92 Å². The van der Waals surface area contributed by atoms with Gasteiger partial charge in [-0.15, -0.1) is 0 Å². The Kier molecular flexibility index (Phi) is 8.40. The van der Waals surface area contributed by atoms with Gasteiger partial charge in [0.05, 0.1) is 17.2 Å². The van der Waals surface area contributed by atoms with Gasteiger partial charge in [0, 0.05) is 36.8 Å². The molecule has 1 heterocycles. The van der Waals surface area contributed by atoms with Crippen LogP contribution in [0, 0.1) is 5.92 Å². The van der Waals surface area contributed by atoms with Crippen molar-refractivity contribution in [3.8, 4) is 0 Å². The Hall–Kier alpha value is -3.68. The summed E-state index contributed by atoms with van der Waals surface area (Å²) in [5, 5.41) is 8.44. The van der Waals surface area contributed by atoms with Gasteiger partial charge in [0.2, 0.25) is 11.8 Å². The second-order valence-electron chi connectivity index (χ2n) is 8.79. The van der Waals surface area contributed by atoms with Gasteiger partial charge in [-0.25, -0.2) is 0 Å². The van der Waals surface area contributed by atoms with Crippen molar-refractivity contribution in [2.45, 2.75) is 46.1 Å². The van der Waals surface area contributed by atoms with E-state index in [4.69, 9.17) is 0 Å². The molecule has 3 N–H and O–H groups in total. The fourth-order valence-electron chi connectivity index (χ4n) is 3.79. The van der Waals surface area contributed by atoms with Crippen molar-refractivity contribution in [3.63, 3.8) is 0 Å². The largest absolute Gasteiger partial charge is 0.350 e. The molecule has 0 aliphatic carbocycles. The second kappa shape index (κ2) is 11.4. The number of nitrogens with zero attached hydrogens (tertiary/aromatic N) is 1. The SMILES string of the molecule is CCCCN1CC(C(=O)Nc2ccc(C(=O)Nc3ccccc3C(=O)NC(C)C)cc2)CC1=O. The number of carbonyl (C=O) groups excluding carboxylic acids is 4. The lowest BCUT2D eigenvalue weighted by Crippen LogP contribution is -2.31. The molecule has 4 amide bonds. The van der Waals surface area contributed by atoms with Crippen molar-refractivity contribution in [1.29, 1.82) is 0 Å². The minimum Gasteiger partial charge on any atom is -0.350 e. The number of likely N-dealkylation sites (tertiary alicyclic amines) is 1. The summed E-state index contributed by atoms with van der Waals surface area (Å²) < 4.78 is 0. The van der Waals surface area contributed by atoms with Gasteiger partial charge in [-0.1, -0.05) is 25.5 Å². The molecule has 0 spiro atoms. The highest BCUT2D eigenvalue weighted by Crippen LogP contribution is 2.21. The van der Waals surface area contributed by atoms with Gasteiger partial charge in [0.25, 0.3) is 11.8 Å². The molecule has 0 radical (unpaired) electrons. The number of rotatable bonds is 9. The lowest BCUT2D eigenvalue weighted by molar-refractivity contribution is -0.128. The molecule has 0 saturated carbocycles. The normalized spacial score (nSPS) is 15.4. The number of unbranched alkanes of at least 4 members (excludes halogenated alkanes) is 1. The number of nitrogens with one attached hydrogen (secondary N) is 3. The van der Waals surface area contributed by atoms with Crippen LogP contribution in [0.1, 0.15) is 60.7 Å². The zero-order chi connectivity index (χ0) is 24.7. The van der Waals surface area contributed by atoms with Gasteiger partial charge in [-0.2, -0.15) is 0 Å². The summed E-state index contributed by atoms with van der Waals surface area (Å²) >= 11 is 0. The predicted octanol–water partition coefficient (Wildman–Crippen LogP) is 3.66. The average Bonchev–Trinajstić information content (AvgIpc) is 3.18. The van der Waals surface area contributed by atoms with Crippen LogP contribution >= 0.6 is 0 Å². The lowest BCUT2D eigenvalue weighted by Gasteiger charge is -2.16. The van der Waals surface area contributed by atoms with Crippen LogP contribution in [0.5, 0.6) is 0 Å². The van der Waals surface area contributed by atoms with E-state index in [1.165, 1.54) is 0 Å². The zero-order valence-electron chi connectivity index (χ0n) is 19.9. The molecule has 2 aromatic rings. The molecule has 34 heavy (non-hydrogen) atoms. The van der Waals surface area contributed by atoms with Gasteiger partial charge in [-0.3, -0.25) is 19.2 Å². The zero-order valence-corrected chi connectivity index (χ0v) is 19.9. The summed E-state index contributed by atoms with van der Waals surface area (Å²) in [5.41, 5.74) is 1.74. The van der Waals surface area contributed by atoms with E-state index in [1.807, 2.05) is 13.8 Å². The molecule has 1 aliphatic heterocycles. The van der Waals surface area contributed by atoms with Crippen molar-refractivity contribution in [1.82, 2.24) is 10.2 Å². The fraction of sp³-hybridized carbons (Fsp3) is 0.385. The Morgan fingerprint density at radius 3 is 2.38 bits per heavy atom. The van der Waals surface area contributed by atoms with Crippen molar-refractivity contribution in [2.75, 3.05) is 23.7 Å². The molecule has 2 aromatic carbocycles. The third-order valence-electron chi connectivity index (χ3n) is 5.62. The Morgan fingerprint density at radius 1 is 1.00 bits per heavy atom. The first-order valence-corrected chi connectivity index (χ1v) is 11.7. The van der Waals surface area contributed by atoms with Crippen LogP contribution in [-0.4, -0.2) is 47.7 Å². The number of carbonyl (C=O) groups is 4. The molecular weight excluding hydrogens is 432 g/mol. The van der Waals surface area contributed by atoms with Crippen molar-refractivity contribution < 1.29 is 19.2 Å². The molecule has 8 heteroatoms. The van der Waals surface area contributed by atoms with E-state index in [1.54, 1.807) is 53.4 Å². The fourth-order valence-corrected chi connectivity index (χ4v) is 3.79. The number of para-hydroxylation sites is 1. The highest BCUT2D eigenvalue weighted by Gasteiger charge is 2.33. The maximum atomic E-state index is 12.7. The molecule has 0 aromatic heterocycles. The summed E-state index contributed by atoms with van der Waals surface area (Å²) in [6.07, 6.45) is 2.15. The Labute approximate surface area is 200 Å². The van der Waals surface area contributed by atoms with Crippen LogP contribution in [0.2, 0.25) is 0 Å². The van der Waals surface area contributed by atoms with Gasteiger partial charge >= 0.3 is 0 Å². The molecule has 3 rings (SSSR count). The molecular formula is C26H32N4O4. The minimum atomic E-state index is -0.374. The van der Waals surface area contributed by atoms with E-state index in [-0.39, 0.29) is 42.0 Å².